The highest BCUT2D eigenvalue weighted by Crippen LogP contribution is 2.32. The van der Waals surface area contributed by atoms with Crippen LogP contribution in [0.4, 0.5) is 18.3 Å². The summed E-state index contributed by atoms with van der Waals surface area (Å²) in [4.78, 5) is 5.18. The van der Waals surface area contributed by atoms with E-state index in [9.17, 15) is 13.2 Å². The molecule has 20 heavy (non-hydrogen) atoms. The fourth-order valence-electron chi connectivity index (χ4n) is 2.00. The smallest absolute Gasteiger partial charge is 0.375 e. The second-order valence-corrected chi connectivity index (χ2v) is 6.01. The van der Waals surface area contributed by atoms with Crippen molar-refractivity contribution >= 4 is 16.5 Å². The van der Waals surface area contributed by atoms with Crippen LogP contribution >= 0.6 is 11.3 Å². The van der Waals surface area contributed by atoms with E-state index in [1.54, 1.807) is 6.07 Å². The molecule has 0 bridgehead atoms. The standard InChI is InChI=1S/C14H15F3N2S/c1-8(2)12-11(20-13(18)19-12)7-9-4-3-5-10(6-9)14(15,16)17/h3-6,8H,7H2,1-2H3,(H2,18,19). The maximum absolute atomic E-state index is 12.7. The monoisotopic (exact) mass is 300 g/mol. The Morgan fingerprint density at radius 1 is 1.30 bits per heavy atom. The van der Waals surface area contributed by atoms with E-state index in [1.165, 1.54) is 23.5 Å². The third kappa shape index (κ3) is 3.30. The van der Waals surface area contributed by atoms with Gasteiger partial charge in [0.15, 0.2) is 5.13 Å². The number of anilines is 1. The second-order valence-electron chi connectivity index (χ2n) is 4.89. The third-order valence-corrected chi connectivity index (χ3v) is 3.81. The highest BCUT2D eigenvalue weighted by Gasteiger charge is 2.30. The molecule has 0 radical (unpaired) electrons. The van der Waals surface area contributed by atoms with Crippen LogP contribution in [-0.2, 0) is 12.6 Å². The average molecular weight is 300 g/mol. The molecule has 0 aliphatic carbocycles. The number of nitrogen functional groups attached to an aromatic ring is 1. The van der Waals surface area contributed by atoms with Gasteiger partial charge in [-0.2, -0.15) is 13.2 Å². The van der Waals surface area contributed by atoms with Crippen LogP contribution in [0, 0.1) is 0 Å². The van der Waals surface area contributed by atoms with Crippen LogP contribution in [0.2, 0.25) is 0 Å². The Balaban J connectivity index is 2.31. The van der Waals surface area contributed by atoms with Gasteiger partial charge in [0.05, 0.1) is 11.3 Å². The first kappa shape index (κ1) is 14.8. The molecule has 1 heterocycles. The summed E-state index contributed by atoms with van der Waals surface area (Å²) in [5, 5.41) is 0.454. The largest absolute Gasteiger partial charge is 0.416 e. The molecule has 0 atom stereocenters. The first-order valence-electron chi connectivity index (χ1n) is 6.18. The van der Waals surface area contributed by atoms with Crippen molar-refractivity contribution in [2.75, 3.05) is 5.73 Å². The summed E-state index contributed by atoms with van der Waals surface area (Å²) in [5.74, 6) is 0.198. The number of hydrogen-bond acceptors (Lipinski definition) is 3. The Bertz CT molecular complexity index is 603. The molecule has 2 N–H and O–H groups in total. The number of benzene rings is 1. The Labute approximate surface area is 119 Å². The predicted octanol–water partition coefficient (Wildman–Crippen LogP) is 4.46. The summed E-state index contributed by atoms with van der Waals surface area (Å²) in [6.45, 7) is 3.98. The van der Waals surface area contributed by atoms with E-state index in [0.29, 0.717) is 17.1 Å². The molecule has 0 saturated carbocycles. The van der Waals surface area contributed by atoms with Crippen molar-refractivity contribution in [3.8, 4) is 0 Å². The van der Waals surface area contributed by atoms with E-state index in [2.05, 4.69) is 4.98 Å². The summed E-state index contributed by atoms with van der Waals surface area (Å²) in [5.41, 5.74) is 6.55. The summed E-state index contributed by atoms with van der Waals surface area (Å²) in [6, 6.07) is 5.38. The van der Waals surface area contributed by atoms with Gasteiger partial charge in [0.1, 0.15) is 0 Å². The molecule has 0 aliphatic rings. The molecule has 108 valence electrons. The van der Waals surface area contributed by atoms with Crippen molar-refractivity contribution < 1.29 is 13.2 Å². The fraction of sp³-hybridized carbons (Fsp3) is 0.357. The minimum atomic E-state index is -4.32. The second kappa shape index (κ2) is 5.44. The van der Waals surface area contributed by atoms with Crippen LogP contribution in [0.15, 0.2) is 24.3 Å². The third-order valence-electron chi connectivity index (χ3n) is 2.91. The maximum Gasteiger partial charge on any atom is 0.416 e. The van der Waals surface area contributed by atoms with Gasteiger partial charge in [-0.1, -0.05) is 32.0 Å². The highest BCUT2D eigenvalue weighted by molar-refractivity contribution is 7.15. The highest BCUT2D eigenvalue weighted by atomic mass is 32.1. The maximum atomic E-state index is 12.7. The number of thiazole rings is 1. The first-order valence-corrected chi connectivity index (χ1v) is 7.00. The molecule has 2 rings (SSSR count). The number of nitrogens with two attached hydrogens (primary N) is 1. The molecule has 2 aromatic rings. The van der Waals surface area contributed by atoms with Crippen molar-refractivity contribution in [2.45, 2.75) is 32.4 Å². The van der Waals surface area contributed by atoms with Crippen LogP contribution in [0.25, 0.3) is 0 Å². The zero-order valence-electron chi connectivity index (χ0n) is 11.2. The first-order chi connectivity index (χ1) is 9.27. The van der Waals surface area contributed by atoms with Crippen LogP contribution in [0.5, 0.6) is 0 Å². The summed E-state index contributed by atoms with van der Waals surface area (Å²) in [6.07, 6.45) is -3.89. The normalized spacial score (nSPS) is 12.1. The Hall–Kier alpha value is -1.56. The van der Waals surface area contributed by atoms with Crippen LogP contribution in [0.1, 0.15) is 41.5 Å². The minimum Gasteiger partial charge on any atom is -0.375 e. The molecular weight excluding hydrogens is 285 g/mol. The van der Waals surface area contributed by atoms with E-state index < -0.39 is 11.7 Å². The van der Waals surface area contributed by atoms with Gasteiger partial charge in [-0.25, -0.2) is 4.98 Å². The zero-order chi connectivity index (χ0) is 14.9. The van der Waals surface area contributed by atoms with Gasteiger partial charge in [-0.3, -0.25) is 0 Å². The van der Waals surface area contributed by atoms with Crippen molar-refractivity contribution in [1.29, 1.82) is 0 Å². The molecule has 0 unspecified atom stereocenters. The van der Waals surface area contributed by atoms with Crippen LogP contribution < -0.4 is 5.73 Å². The Kier molecular flexibility index (Phi) is 4.04. The SMILES string of the molecule is CC(C)c1nc(N)sc1Cc1cccc(C(F)(F)F)c1. The molecule has 0 fully saturated rings. The van der Waals surface area contributed by atoms with Crippen molar-refractivity contribution in [1.82, 2.24) is 4.98 Å². The minimum absolute atomic E-state index is 0.198. The number of alkyl halides is 3. The van der Waals surface area contributed by atoms with Gasteiger partial charge in [-0.15, -0.1) is 11.3 Å². The lowest BCUT2D eigenvalue weighted by Crippen LogP contribution is -2.05. The number of rotatable bonds is 3. The number of aromatic nitrogens is 1. The van der Waals surface area contributed by atoms with Gasteiger partial charge < -0.3 is 5.73 Å². The Morgan fingerprint density at radius 2 is 2.00 bits per heavy atom. The molecule has 1 aromatic heterocycles. The van der Waals surface area contributed by atoms with E-state index in [0.717, 1.165) is 16.6 Å². The lowest BCUT2D eigenvalue weighted by molar-refractivity contribution is -0.137. The molecule has 0 saturated heterocycles. The van der Waals surface area contributed by atoms with Crippen LogP contribution in [-0.4, -0.2) is 4.98 Å². The van der Waals surface area contributed by atoms with Crippen LogP contribution in [0.3, 0.4) is 0 Å². The summed E-state index contributed by atoms with van der Waals surface area (Å²) >= 11 is 1.34. The fourth-order valence-corrected chi connectivity index (χ4v) is 3.02. The van der Waals surface area contributed by atoms with Gasteiger partial charge in [0.2, 0.25) is 0 Å². The van der Waals surface area contributed by atoms with E-state index in [1.807, 2.05) is 13.8 Å². The van der Waals surface area contributed by atoms with E-state index in [-0.39, 0.29) is 5.92 Å². The molecule has 0 amide bonds. The number of halogens is 3. The van der Waals surface area contributed by atoms with Crippen molar-refractivity contribution in [2.24, 2.45) is 0 Å². The van der Waals surface area contributed by atoms with Crippen molar-refractivity contribution in [3.63, 3.8) is 0 Å². The van der Waals surface area contributed by atoms with Gasteiger partial charge >= 0.3 is 6.18 Å². The number of nitrogens with zero attached hydrogens (tertiary/aromatic N) is 1. The summed E-state index contributed by atoms with van der Waals surface area (Å²) < 4.78 is 38.1. The molecular formula is C14H15F3N2S. The Morgan fingerprint density at radius 3 is 2.60 bits per heavy atom. The molecule has 0 spiro atoms. The quantitative estimate of drug-likeness (QED) is 0.909. The molecule has 1 aromatic carbocycles. The average Bonchev–Trinajstić information content (AvgIpc) is 2.69. The predicted molar refractivity (Wildman–Crippen MR) is 74.9 cm³/mol. The lowest BCUT2D eigenvalue weighted by Gasteiger charge is -2.09. The molecule has 2 nitrogen and oxygen atoms in total. The lowest BCUT2D eigenvalue weighted by atomic mass is 10.0. The molecule has 0 aliphatic heterocycles. The molecule has 6 heteroatoms. The topological polar surface area (TPSA) is 38.9 Å². The van der Waals surface area contributed by atoms with E-state index >= 15 is 0 Å². The zero-order valence-corrected chi connectivity index (χ0v) is 12.0. The number of hydrogen-bond donors (Lipinski definition) is 1. The van der Waals surface area contributed by atoms with Gasteiger partial charge in [0, 0.05) is 11.3 Å². The van der Waals surface area contributed by atoms with Gasteiger partial charge in [-0.05, 0) is 17.5 Å². The van der Waals surface area contributed by atoms with E-state index in [4.69, 9.17) is 5.73 Å². The van der Waals surface area contributed by atoms with Crippen molar-refractivity contribution in [3.05, 3.63) is 46.0 Å². The summed E-state index contributed by atoms with van der Waals surface area (Å²) in [7, 11) is 0. The van der Waals surface area contributed by atoms with Gasteiger partial charge in [0.25, 0.3) is 0 Å².